The van der Waals surface area contributed by atoms with Crippen LogP contribution in [0.4, 0.5) is 0 Å². The van der Waals surface area contributed by atoms with Gasteiger partial charge in [-0.15, -0.1) is 0 Å². The van der Waals surface area contributed by atoms with Gasteiger partial charge in [-0.05, 0) is 47.4 Å². The number of hydrogen-bond donors (Lipinski definition) is 2. The van der Waals surface area contributed by atoms with Crippen molar-refractivity contribution in [3.8, 4) is 0 Å². The first-order chi connectivity index (χ1) is 13.2. The van der Waals surface area contributed by atoms with Crippen molar-refractivity contribution in [2.24, 2.45) is 5.92 Å². The number of hydrogen-bond acceptors (Lipinski definition) is 3. The number of nitrogens with one attached hydrogen (secondary N) is 1. The molecule has 1 aliphatic heterocycles. The van der Waals surface area contributed by atoms with Crippen molar-refractivity contribution < 1.29 is 9.90 Å². The van der Waals surface area contributed by atoms with Crippen LogP contribution in [-0.4, -0.2) is 41.7 Å². The van der Waals surface area contributed by atoms with Gasteiger partial charge in [-0.25, -0.2) is 0 Å². The molecule has 0 radical (unpaired) electrons. The molecule has 2 aromatic rings. The standard InChI is InChI=1S/C23H28N2O2/c26-22(16-25-10-9-18-5-1-4-8-21(18)15-25)14-24-23(27)13-17-11-19-6-2-3-7-20(19)12-17/h1-8,17,22,26H,9-16H2,(H,24,27). The fourth-order valence-corrected chi connectivity index (χ4v) is 4.43. The molecule has 1 atom stereocenters. The maximum atomic E-state index is 12.3. The van der Waals surface area contributed by atoms with Crippen LogP contribution >= 0.6 is 0 Å². The van der Waals surface area contributed by atoms with E-state index in [1.54, 1.807) is 0 Å². The van der Waals surface area contributed by atoms with Crippen LogP contribution in [0.3, 0.4) is 0 Å². The summed E-state index contributed by atoms with van der Waals surface area (Å²) in [5.41, 5.74) is 5.51. The second-order valence-electron chi connectivity index (χ2n) is 7.96. The van der Waals surface area contributed by atoms with Gasteiger partial charge in [-0.1, -0.05) is 48.5 Å². The quantitative estimate of drug-likeness (QED) is 0.827. The highest BCUT2D eigenvalue weighted by Crippen LogP contribution is 2.28. The van der Waals surface area contributed by atoms with Crippen LogP contribution in [0, 0.1) is 5.92 Å². The molecular weight excluding hydrogens is 336 g/mol. The zero-order chi connectivity index (χ0) is 18.6. The minimum atomic E-state index is -0.528. The molecule has 0 spiro atoms. The molecule has 2 N–H and O–H groups in total. The Hall–Kier alpha value is -2.17. The lowest BCUT2D eigenvalue weighted by Gasteiger charge is -2.30. The Morgan fingerprint density at radius 2 is 1.67 bits per heavy atom. The van der Waals surface area contributed by atoms with Crippen LogP contribution in [0.1, 0.15) is 28.7 Å². The number of benzene rings is 2. The van der Waals surface area contributed by atoms with Gasteiger partial charge in [0.1, 0.15) is 0 Å². The molecule has 2 aromatic carbocycles. The molecule has 4 rings (SSSR count). The fourth-order valence-electron chi connectivity index (χ4n) is 4.43. The second kappa shape index (κ2) is 8.24. The first kappa shape index (κ1) is 18.2. The predicted octanol–water partition coefficient (Wildman–Crippen LogP) is 2.33. The monoisotopic (exact) mass is 364 g/mol. The number of fused-ring (bicyclic) bond motifs is 2. The van der Waals surface area contributed by atoms with Crippen LogP contribution in [-0.2, 0) is 30.6 Å². The van der Waals surface area contributed by atoms with E-state index in [1.807, 2.05) is 0 Å². The van der Waals surface area contributed by atoms with E-state index in [4.69, 9.17) is 0 Å². The van der Waals surface area contributed by atoms with Crippen molar-refractivity contribution in [3.63, 3.8) is 0 Å². The fraction of sp³-hybridized carbons (Fsp3) is 0.435. The van der Waals surface area contributed by atoms with E-state index in [0.29, 0.717) is 25.4 Å². The summed E-state index contributed by atoms with van der Waals surface area (Å²) >= 11 is 0. The lowest BCUT2D eigenvalue weighted by molar-refractivity contribution is -0.122. The van der Waals surface area contributed by atoms with E-state index in [9.17, 15) is 9.90 Å². The average molecular weight is 364 g/mol. The second-order valence-corrected chi connectivity index (χ2v) is 7.96. The number of rotatable bonds is 6. The molecular formula is C23H28N2O2. The third kappa shape index (κ3) is 4.57. The smallest absolute Gasteiger partial charge is 0.220 e. The summed E-state index contributed by atoms with van der Waals surface area (Å²) in [7, 11) is 0. The number of nitrogens with zero attached hydrogens (tertiary/aromatic N) is 1. The molecule has 1 heterocycles. The third-order valence-electron chi connectivity index (χ3n) is 5.82. The minimum Gasteiger partial charge on any atom is -0.390 e. The summed E-state index contributed by atoms with van der Waals surface area (Å²) in [6, 6.07) is 17.0. The first-order valence-corrected chi connectivity index (χ1v) is 9.98. The van der Waals surface area contributed by atoms with Crippen LogP contribution < -0.4 is 5.32 Å². The van der Waals surface area contributed by atoms with Gasteiger partial charge in [0.2, 0.25) is 5.91 Å². The molecule has 1 amide bonds. The van der Waals surface area contributed by atoms with Crippen molar-refractivity contribution in [3.05, 3.63) is 70.8 Å². The zero-order valence-corrected chi connectivity index (χ0v) is 15.7. The first-order valence-electron chi connectivity index (χ1n) is 9.98. The van der Waals surface area contributed by atoms with E-state index >= 15 is 0 Å². The highest BCUT2D eigenvalue weighted by Gasteiger charge is 2.24. The Balaban J connectivity index is 1.19. The summed E-state index contributed by atoms with van der Waals surface area (Å²) in [6.07, 6.45) is 3.01. The average Bonchev–Trinajstić information content (AvgIpc) is 3.08. The number of β-amino-alcohol motifs (C(OH)–C–C–N with tert-alkyl or cyclic N) is 1. The molecule has 0 saturated carbocycles. The van der Waals surface area contributed by atoms with E-state index in [-0.39, 0.29) is 5.91 Å². The Kier molecular flexibility index (Phi) is 5.55. The lowest BCUT2D eigenvalue weighted by atomic mass is 10.00. The maximum absolute atomic E-state index is 12.3. The highest BCUT2D eigenvalue weighted by molar-refractivity contribution is 5.76. The predicted molar refractivity (Wildman–Crippen MR) is 106 cm³/mol. The Bertz CT molecular complexity index is 779. The molecule has 4 nitrogen and oxygen atoms in total. The van der Waals surface area contributed by atoms with Crippen molar-refractivity contribution in [2.75, 3.05) is 19.6 Å². The van der Waals surface area contributed by atoms with Crippen LogP contribution in [0.2, 0.25) is 0 Å². The summed E-state index contributed by atoms with van der Waals surface area (Å²) in [4.78, 5) is 14.5. The molecule has 4 heteroatoms. The summed E-state index contributed by atoms with van der Waals surface area (Å²) in [6.45, 7) is 2.77. The number of amides is 1. The largest absolute Gasteiger partial charge is 0.390 e. The van der Waals surface area contributed by atoms with Crippen molar-refractivity contribution in [1.82, 2.24) is 10.2 Å². The zero-order valence-electron chi connectivity index (χ0n) is 15.7. The molecule has 0 bridgehead atoms. The van der Waals surface area contributed by atoms with Crippen LogP contribution in [0.5, 0.6) is 0 Å². The molecule has 142 valence electrons. The molecule has 0 saturated heterocycles. The highest BCUT2D eigenvalue weighted by atomic mass is 16.3. The van der Waals surface area contributed by atoms with Gasteiger partial charge in [-0.3, -0.25) is 9.69 Å². The van der Waals surface area contributed by atoms with Gasteiger partial charge in [0.25, 0.3) is 0 Å². The Morgan fingerprint density at radius 3 is 2.37 bits per heavy atom. The van der Waals surface area contributed by atoms with E-state index in [2.05, 4.69) is 58.7 Å². The number of aliphatic hydroxyl groups excluding tert-OH is 1. The topological polar surface area (TPSA) is 52.6 Å². The third-order valence-corrected chi connectivity index (χ3v) is 5.82. The SMILES string of the molecule is O=C(CC1Cc2ccccc2C1)NCC(O)CN1CCc2ccccc2C1. The van der Waals surface area contributed by atoms with E-state index < -0.39 is 6.10 Å². The summed E-state index contributed by atoms with van der Waals surface area (Å²) < 4.78 is 0. The number of carbonyl (C=O) groups is 1. The van der Waals surface area contributed by atoms with Gasteiger partial charge < -0.3 is 10.4 Å². The molecule has 2 aliphatic rings. The van der Waals surface area contributed by atoms with Crippen molar-refractivity contribution in [1.29, 1.82) is 0 Å². The molecule has 0 fully saturated rings. The van der Waals surface area contributed by atoms with Gasteiger partial charge >= 0.3 is 0 Å². The van der Waals surface area contributed by atoms with Gasteiger partial charge in [-0.2, -0.15) is 0 Å². The minimum absolute atomic E-state index is 0.0517. The molecule has 0 aromatic heterocycles. The summed E-state index contributed by atoms with van der Waals surface area (Å²) in [5.74, 6) is 0.439. The number of aliphatic hydroxyl groups is 1. The number of carbonyl (C=O) groups excluding carboxylic acids is 1. The van der Waals surface area contributed by atoms with Gasteiger partial charge in [0, 0.05) is 32.6 Å². The Morgan fingerprint density at radius 1 is 1.04 bits per heavy atom. The Labute approximate surface area is 161 Å². The molecule has 1 unspecified atom stereocenters. The summed E-state index contributed by atoms with van der Waals surface area (Å²) in [5, 5.41) is 13.3. The molecule has 1 aliphatic carbocycles. The normalized spacial score (nSPS) is 18.0. The van der Waals surface area contributed by atoms with Crippen molar-refractivity contribution in [2.45, 2.75) is 38.3 Å². The van der Waals surface area contributed by atoms with Gasteiger partial charge in [0.15, 0.2) is 0 Å². The van der Waals surface area contributed by atoms with Crippen LogP contribution in [0.25, 0.3) is 0 Å². The maximum Gasteiger partial charge on any atom is 0.220 e. The van der Waals surface area contributed by atoms with E-state index in [1.165, 1.54) is 22.3 Å². The lowest BCUT2D eigenvalue weighted by Crippen LogP contribution is -2.42. The van der Waals surface area contributed by atoms with Crippen molar-refractivity contribution >= 4 is 5.91 Å². The molecule has 27 heavy (non-hydrogen) atoms. The van der Waals surface area contributed by atoms with Gasteiger partial charge in [0.05, 0.1) is 6.10 Å². The van der Waals surface area contributed by atoms with E-state index in [0.717, 1.165) is 32.4 Å². The van der Waals surface area contributed by atoms with Crippen LogP contribution in [0.15, 0.2) is 48.5 Å².